The third-order valence-electron chi connectivity index (χ3n) is 4.57. The van der Waals surface area contributed by atoms with Gasteiger partial charge in [0.25, 0.3) is 0 Å². The van der Waals surface area contributed by atoms with Gasteiger partial charge in [0, 0.05) is 6.54 Å². The molecule has 0 saturated carbocycles. The average molecular weight is 532 g/mol. The number of hydrogen-bond acceptors (Lipinski definition) is 11. The number of esters is 1. The van der Waals surface area contributed by atoms with Gasteiger partial charge in [0.05, 0.1) is 111 Å². The Hall–Kier alpha value is -1.67. The van der Waals surface area contributed by atoms with Gasteiger partial charge in [-0.2, -0.15) is 0 Å². The molecule has 11 nitrogen and oxygen atoms in total. The van der Waals surface area contributed by atoms with Gasteiger partial charge < -0.3 is 47.9 Å². The summed E-state index contributed by atoms with van der Waals surface area (Å²) < 4.78 is 48.4. The zero-order valence-electron chi connectivity index (χ0n) is 22.2. The summed E-state index contributed by atoms with van der Waals surface area (Å²) in [6, 6.07) is 8.86. The van der Waals surface area contributed by atoms with Gasteiger partial charge in [-0.05, 0) is 19.2 Å². The van der Waals surface area contributed by atoms with Crippen molar-refractivity contribution in [3.8, 4) is 0 Å². The predicted molar refractivity (Wildman–Crippen MR) is 137 cm³/mol. The molecule has 1 N–H and O–H groups in total. The van der Waals surface area contributed by atoms with Crippen LogP contribution in [0, 0.1) is 0 Å². The molecule has 0 aliphatic carbocycles. The Morgan fingerprint density at radius 2 is 0.838 bits per heavy atom. The molecule has 1 aromatic rings. The molecule has 1 aromatic carbocycles. The van der Waals surface area contributed by atoms with Crippen molar-refractivity contribution in [3.63, 3.8) is 0 Å². The zero-order valence-corrected chi connectivity index (χ0v) is 22.2. The van der Waals surface area contributed by atoms with E-state index in [-0.39, 0.29) is 12.6 Å². The van der Waals surface area contributed by atoms with Gasteiger partial charge in [0.1, 0.15) is 6.61 Å². The first-order chi connectivity index (χ1) is 18.3. The van der Waals surface area contributed by atoms with Gasteiger partial charge in [-0.3, -0.25) is 0 Å². The van der Waals surface area contributed by atoms with Gasteiger partial charge in [0.15, 0.2) is 0 Å². The van der Waals surface area contributed by atoms with Gasteiger partial charge >= 0.3 is 5.97 Å². The summed E-state index contributed by atoms with van der Waals surface area (Å²) in [4.78, 5) is 11.7. The number of carbonyl (C=O) groups is 1. The van der Waals surface area contributed by atoms with E-state index in [0.29, 0.717) is 111 Å². The Morgan fingerprint density at radius 1 is 0.514 bits per heavy atom. The van der Waals surface area contributed by atoms with E-state index in [0.717, 1.165) is 6.54 Å². The summed E-state index contributed by atoms with van der Waals surface area (Å²) in [5.41, 5.74) is 0.529. The van der Waals surface area contributed by atoms with E-state index in [1.54, 1.807) is 24.3 Å². The molecule has 37 heavy (non-hydrogen) atoms. The van der Waals surface area contributed by atoms with Gasteiger partial charge in [0.2, 0.25) is 0 Å². The normalized spacial score (nSPS) is 11.2. The standard InChI is InChI=1S/C26H45NO10/c1-27-7-8-29-9-10-30-11-12-31-13-14-32-15-16-33-17-18-34-19-20-35-21-22-36-23-24-37-26(28)25-5-3-2-4-6-25/h2-6,27H,7-24H2,1H3. The largest absolute Gasteiger partial charge is 0.460 e. The van der Waals surface area contributed by atoms with Crippen LogP contribution >= 0.6 is 0 Å². The first-order valence-electron chi connectivity index (χ1n) is 12.8. The van der Waals surface area contributed by atoms with Gasteiger partial charge in [-0.1, -0.05) is 18.2 Å². The minimum atomic E-state index is -0.352. The summed E-state index contributed by atoms with van der Waals surface area (Å²) in [5.74, 6) is -0.352. The monoisotopic (exact) mass is 531 g/mol. The van der Waals surface area contributed by atoms with E-state index in [1.165, 1.54) is 0 Å². The van der Waals surface area contributed by atoms with Crippen LogP contribution in [0.3, 0.4) is 0 Å². The SMILES string of the molecule is CNCCOCCOCCOCCOCCOCCOCCOCCOCCOC(=O)c1ccccc1. The fourth-order valence-electron chi connectivity index (χ4n) is 2.67. The minimum absolute atomic E-state index is 0.208. The lowest BCUT2D eigenvalue weighted by Gasteiger charge is -2.09. The Morgan fingerprint density at radius 3 is 1.19 bits per heavy atom. The Bertz CT molecular complexity index is 608. The quantitative estimate of drug-likeness (QED) is 0.124. The first kappa shape index (κ1) is 33.4. The maximum absolute atomic E-state index is 11.7. The number of rotatable bonds is 28. The van der Waals surface area contributed by atoms with Crippen molar-refractivity contribution in [1.29, 1.82) is 0 Å². The van der Waals surface area contributed by atoms with E-state index in [9.17, 15) is 4.79 Å². The van der Waals surface area contributed by atoms with E-state index in [4.69, 9.17) is 42.6 Å². The fourth-order valence-corrected chi connectivity index (χ4v) is 2.67. The molecule has 0 aliphatic heterocycles. The second-order valence-electron chi connectivity index (χ2n) is 7.50. The van der Waals surface area contributed by atoms with E-state index < -0.39 is 0 Å². The number of nitrogens with one attached hydrogen (secondary N) is 1. The molecular formula is C26H45NO10. The highest BCUT2D eigenvalue weighted by Gasteiger charge is 2.05. The molecule has 1 rings (SSSR count). The maximum Gasteiger partial charge on any atom is 0.338 e. The fraction of sp³-hybridized carbons (Fsp3) is 0.731. The van der Waals surface area contributed by atoms with Crippen molar-refractivity contribution < 1.29 is 47.4 Å². The van der Waals surface area contributed by atoms with Crippen LogP contribution in [0.1, 0.15) is 10.4 Å². The van der Waals surface area contributed by atoms with Crippen LogP contribution in [0.15, 0.2) is 30.3 Å². The summed E-state index contributed by atoms with van der Waals surface area (Å²) in [6.07, 6.45) is 0. The number of hydrogen-bond donors (Lipinski definition) is 1. The summed E-state index contributed by atoms with van der Waals surface area (Å²) in [6.45, 7) is 9.23. The smallest absolute Gasteiger partial charge is 0.338 e. The summed E-state index contributed by atoms with van der Waals surface area (Å²) in [7, 11) is 1.89. The predicted octanol–water partition coefficient (Wildman–Crippen LogP) is 1.20. The number of carbonyl (C=O) groups excluding carboxylic acids is 1. The second kappa shape index (κ2) is 27.4. The van der Waals surface area contributed by atoms with Crippen LogP contribution in [0.4, 0.5) is 0 Å². The van der Waals surface area contributed by atoms with E-state index >= 15 is 0 Å². The molecule has 0 heterocycles. The highest BCUT2D eigenvalue weighted by Crippen LogP contribution is 2.00. The van der Waals surface area contributed by atoms with Crippen LogP contribution in [-0.4, -0.2) is 132 Å². The molecule has 0 aromatic heterocycles. The third kappa shape index (κ3) is 23.2. The lowest BCUT2D eigenvalue weighted by Crippen LogP contribution is -2.17. The first-order valence-corrected chi connectivity index (χ1v) is 12.8. The number of likely N-dealkylation sites (N-methyl/N-ethyl adjacent to an activating group) is 1. The van der Waals surface area contributed by atoms with Crippen LogP contribution in [0.2, 0.25) is 0 Å². The molecule has 0 amide bonds. The van der Waals surface area contributed by atoms with Crippen LogP contribution in [0.5, 0.6) is 0 Å². The van der Waals surface area contributed by atoms with Crippen molar-refractivity contribution in [1.82, 2.24) is 5.32 Å². The van der Waals surface area contributed by atoms with Gasteiger partial charge in [-0.15, -0.1) is 0 Å². The molecule has 11 heteroatoms. The second-order valence-corrected chi connectivity index (χ2v) is 7.50. The molecular weight excluding hydrogens is 486 g/mol. The average Bonchev–Trinajstić information content (AvgIpc) is 2.93. The molecule has 0 bridgehead atoms. The van der Waals surface area contributed by atoms with Crippen molar-refractivity contribution in [3.05, 3.63) is 35.9 Å². The highest BCUT2D eigenvalue weighted by molar-refractivity contribution is 5.89. The molecule has 0 fully saturated rings. The molecule has 214 valence electrons. The summed E-state index contributed by atoms with van der Waals surface area (Å²) in [5, 5.41) is 3.01. The van der Waals surface area contributed by atoms with Crippen molar-refractivity contribution in [2.75, 3.05) is 126 Å². The molecule has 0 spiro atoms. The molecule has 0 radical (unpaired) electrons. The number of benzene rings is 1. The Kier molecular flexibility index (Phi) is 24.7. The third-order valence-corrected chi connectivity index (χ3v) is 4.57. The van der Waals surface area contributed by atoms with Gasteiger partial charge in [-0.25, -0.2) is 4.79 Å². The lowest BCUT2D eigenvalue weighted by molar-refractivity contribution is -0.0242. The highest BCUT2D eigenvalue weighted by atomic mass is 16.6. The molecule has 0 aliphatic rings. The lowest BCUT2D eigenvalue weighted by atomic mass is 10.2. The van der Waals surface area contributed by atoms with Crippen molar-refractivity contribution >= 4 is 5.97 Å². The Labute approximate surface area is 220 Å². The zero-order chi connectivity index (χ0) is 26.5. The van der Waals surface area contributed by atoms with Crippen LogP contribution in [0.25, 0.3) is 0 Å². The van der Waals surface area contributed by atoms with E-state index in [1.807, 2.05) is 13.1 Å². The molecule has 0 atom stereocenters. The van der Waals surface area contributed by atoms with Crippen molar-refractivity contribution in [2.24, 2.45) is 0 Å². The van der Waals surface area contributed by atoms with E-state index in [2.05, 4.69) is 5.32 Å². The van der Waals surface area contributed by atoms with Crippen LogP contribution < -0.4 is 5.32 Å². The molecule has 0 unspecified atom stereocenters. The Balaban J connectivity index is 1.66. The van der Waals surface area contributed by atoms with Crippen molar-refractivity contribution in [2.45, 2.75) is 0 Å². The number of ether oxygens (including phenoxy) is 9. The van der Waals surface area contributed by atoms with Crippen LogP contribution in [-0.2, 0) is 42.6 Å². The maximum atomic E-state index is 11.7. The topological polar surface area (TPSA) is 112 Å². The molecule has 0 saturated heterocycles. The summed E-state index contributed by atoms with van der Waals surface area (Å²) >= 11 is 0. The minimum Gasteiger partial charge on any atom is -0.460 e.